The number of aryl methyl sites for hydroxylation is 1. The molecule has 0 aliphatic rings. The highest BCUT2D eigenvalue weighted by atomic mass is 32.2. The van der Waals surface area contributed by atoms with Gasteiger partial charge in [-0.3, -0.25) is 4.79 Å². The minimum absolute atomic E-state index is 0.0487. The molecule has 152 valence electrons. The minimum Gasteiger partial charge on any atom is -0.356 e. The third-order valence-corrected chi connectivity index (χ3v) is 6.17. The largest absolute Gasteiger partial charge is 0.356 e. The summed E-state index contributed by atoms with van der Waals surface area (Å²) in [5.74, 6) is -0.0487. The maximum Gasteiger partial charge on any atom is 0.226 e. The Bertz CT molecular complexity index is 1050. The second-order valence-electron chi connectivity index (χ2n) is 6.68. The van der Waals surface area contributed by atoms with E-state index in [-0.39, 0.29) is 17.2 Å². The molecular formula is C21H23N3O3S2. The van der Waals surface area contributed by atoms with Crippen molar-refractivity contribution in [2.45, 2.75) is 24.2 Å². The van der Waals surface area contributed by atoms with Crippen LogP contribution in [0.15, 0.2) is 64.9 Å². The van der Waals surface area contributed by atoms with Gasteiger partial charge in [-0.05, 0) is 42.7 Å². The lowest BCUT2D eigenvalue weighted by Gasteiger charge is -2.05. The number of benzene rings is 2. The molecule has 3 rings (SSSR count). The van der Waals surface area contributed by atoms with Crippen molar-refractivity contribution >= 4 is 37.9 Å². The number of rotatable bonds is 9. The summed E-state index contributed by atoms with van der Waals surface area (Å²) in [6.07, 6.45) is 3.24. The predicted molar refractivity (Wildman–Crippen MR) is 116 cm³/mol. The zero-order valence-electron chi connectivity index (χ0n) is 16.1. The first-order valence-electron chi connectivity index (χ1n) is 9.22. The van der Waals surface area contributed by atoms with Crippen molar-refractivity contribution in [2.75, 3.05) is 18.1 Å². The summed E-state index contributed by atoms with van der Waals surface area (Å²) in [4.78, 5) is 16.8. The molecule has 0 aliphatic carbocycles. The van der Waals surface area contributed by atoms with Crippen LogP contribution < -0.4 is 10.6 Å². The lowest BCUT2D eigenvalue weighted by molar-refractivity contribution is -0.120. The number of aromatic nitrogens is 1. The molecule has 1 heterocycles. The third kappa shape index (κ3) is 6.69. The lowest BCUT2D eigenvalue weighted by atomic mass is 10.1. The predicted octanol–water partition coefficient (Wildman–Crippen LogP) is 3.58. The maximum absolute atomic E-state index is 12.1. The van der Waals surface area contributed by atoms with Gasteiger partial charge in [-0.1, -0.05) is 30.3 Å². The van der Waals surface area contributed by atoms with E-state index in [1.165, 1.54) is 23.2 Å². The fourth-order valence-corrected chi connectivity index (χ4v) is 4.11. The summed E-state index contributed by atoms with van der Waals surface area (Å²) in [5, 5.41) is 8.56. The SMILES string of the molecule is CS(=O)(=O)c1ccc(Nc2nc(CC(=O)NCCCc3ccccc3)cs2)cc1. The molecule has 0 spiro atoms. The summed E-state index contributed by atoms with van der Waals surface area (Å²) < 4.78 is 23.0. The van der Waals surface area contributed by atoms with E-state index < -0.39 is 9.84 Å². The van der Waals surface area contributed by atoms with Gasteiger partial charge in [0.1, 0.15) is 0 Å². The van der Waals surface area contributed by atoms with Crippen molar-refractivity contribution in [3.63, 3.8) is 0 Å². The summed E-state index contributed by atoms with van der Waals surface area (Å²) >= 11 is 1.40. The van der Waals surface area contributed by atoms with Crippen LogP contribution in [0.2, 0.25) is 0 Å². The molecule has 1 aromatic heterocycles. The molecule has 6 nitrogen and oxygen atoms in total. The monoisotopic (exact) mass is 429 g/mol. The van der Waals surface area contributed by atoms with Gasteiger partial charge in [0.25, 0.3) is 0 Å². The summed E-state index contributed by atoms with van der Waals surface area (Å²) in [6, 6.07) is 16.7. The van der Waals surface area contributed by atoms with Crippen LogP contribution >= 0.6 is 11.3 Å². The molecular weight excluding hydrogens is 406 g/mol. The highest BCUT2D eigenvalue weighted by molar-refractivity contribution is 7.90. The number of thiazole rings is 1. The highest BCUT2D eigenvalue weighted by Crippen LogP contribution is 2.22. The fraction of sp³-hybridized carbons (Fsp3) is 0.238. The molecule has 0 radical (unpaired) electrons. The van der Waals surface area contributed by atoms with Gasteiger partial charge in [-0.2, -0.15) is 0 Å². The number of hydrogen-bond donors (Lipinski definition) is 2. The van der Waals surface area contributed by atoms with Crippen LogP contribution in [0.3, 0.4) is 0 Å². The molecule has 0 saturated carbocycles. The van der Waals surface area contributed by atoms with E-state index in [4.69, 9.17) is 0 Å². The number of carbonyl (C=O) groups is 1. The lowest BCUT2D eigenvalue weighted by Crippen LogP contribution is -2.26. The van der Waals surface area contributed by atoms with Crippen LogP contribution in [-0.4, -0.2) is 32.1 Å². The second kappa shape index (κ2) is 9.67. The minimum atomic E-state index is -3.21. The number of hydrogen-bond acceptors (Lipinski definition) is 6. The van der Waals surface area contributed by atoms with Crippen molar-refractivity contribution in [2.24, 2.45) is 0 Å². The van der Waals surface area contributed by atoms with Crippen LogP contribution in [-0.2, 0) is 27.5 Å². The number of amides is 1. The molecule has 0 saturated heterocycles. The number of carbonyl (C=O) groups excluding carboxylic acids is 1. The van der Waals surface area contributed by atoms with Gasteiger partial charge in [0.15, 0.2) is 15.0 Å². The average Bonchev–Trinajstić information content (AvgIpc) is 3.12. The number of nitrogens with one attached hydrogen (secondary N) is 2. The quantitative estimate of drug-likeness (QED) is 0.508. The van der Waals surface area contributed by atoms with E-state index in [1.807, 2.05) is 23.6 Å². The Labute approximate surface area is 174 Å². The van der Waals surface area contributed by atoms with E-state index in [2.05, 4.69) is 27.8 Å². The molecule has 8 heteroatoms. The van der Waals surface area contributed by atoms with E-state index in [0.717, 1.165) is 18.5 Å². The Morgan fingerprint density at radius 3 is 2.48 bits per heavy atom. The third-order valence-electron chi connectivity index (χ3n) is 4.23. The van der Waals surface area contributed by atoms with Gasteiger partial charge < -0.3 is 10.6 Å². The summed E-state index contributed by atoms with van der Waals surface area (Å²) in [5.41, 5.74) is 2.70. The summed E-state index contributed by atoms with van der Waals surface area (Å²) in [6.45, 7) is 0.635. The molecule has 1 amide bonds. The number of anilines is 2. The zero-order chi connectivity index (χ0) is 20.7. The Balaban J connectivity index is 1.44. The van der Waals surface area contributed by atoms with Crippen molar-refractivity contribution in [3.8, 4) is 0 Å². The average molecular weight is 430 g/mol. The first-order valence-corrected chi connectivity index (χ1v) is 12.0. The zero-order valence-corrected chi connectivity index (χ0v) is 17.7. The standard InChI is InChI=1S/C21H23N3O3S2/c1-29(26,27)19-11-9-17(10-12-19)23-21-24-18(15-28-21)14-20(25)22-13-5-8-16-6-3-2-4-7-16/h2-4,6-7,9-12,15H,5,8,13-14H2,1H3,(H,22,25)(H,23,24). The highest BCUT2D eigenvalue weighted by Gasteiger charge is 2.09. The van der Waals surface area contributed by atoms with Crippen molar-refractivity contribution in [1.29, 1.82) is 0 Å². The summed E-state index contributed by atoms with van der Waals surface area (Å²) in [7, 11) is -3.21. The molecule has 0 bridgehead atoms. The van der Waals surface area contributed by atoms with Crippen molar-refractivity contribution in [3.05, 3.63) is 71.2 Å². The van der Waals surface area contributed by atoms with Crippen LogP contribution in [0.1, 0.15) is 17.7 Å². The Hall–Kier alpha value is -2.71. The molecule has 2 N–H and O–H groups in total. The van der Waals surface area contributed by atoms with Crippen LogP contribution in [0.25, 0.3) is 0 Å². The van der Waals surface area contributed by atoms with E-state index in [0.29, 0.717) is 17.4 Å². The smallest absolute Gasteiger partial charge is 0.226 e. The fourth-order valence-electron chi connectivity index (χ4n) is 2.75. The van der Waals surface area contributed by atoms with Gasteiger partial charge in [0, 0.05) is 23.9 Å². The number of sulfone groups is 1. The van der Waals surface area contributed by atoms with Crippen LogP contribution in [0, 0.1) is 0 Å². The molecule has 0 unspecified atom stereocenters. The molecule has 3 aromatic rings. The van der Waals surface area contributed by atoms with Gasteiger partial charge in [-0.15, -0.1) is 11.3 Å². The van der Waals surface area contributed by atoms with Crippen LogP contribution in [0.5, 0.6) is 0 Å². The first kappa shape index (κ1) is 21.0. The van der Waals surface area contributed by atoms with E-state index in [9.17, 15) is 13.2 Å². The van der Waals surface area contributed by atoms with Gasteiger partial charge >= 0.3 is 0 Å². The molecule has 0 aliphatic heterocycles. The van der Waals surface area contributed by atoms with Gasteiger partial charge in [0.05, 0.1) is 17.0 Å². The van der Waals surface area contributed by atoms with Crippen LogP contribution in [0.4, 0.5) is 10.8 Å². The first-order chi connectivity index (χ1) is 13.9. The normalized spacial score (nSPS) is 11.2. The molecule has 29 heavy (non-hydrogen) atoms. The Morgan fingerprint density at radius 2 is 1.79 bits per heavy atom. The Morgan fingerprint density at radius 1 is 1.07 bits per heavy atom. The molecule has 0 fully saturated rings. The Kier molecular flexibility index (Phi) is 7.00. The second-order valence-corrected chi connectivity index (χ2v) is 9.56. The maximum atomic E-state index is 12.1. The van der Waals surface area contributed by atoms with Crippen molar-refractivity contribution < 1.29 is 13.2 Å². The molecule has 2 aromatic carbocycles. The van der Waals surface area contributed by atoms with E-state index >= 15 is 0 Å². The van der Waals surface area contributed by atoms with Gasteiger partial charge in [0.2, 0.25) is 5.91 Å². The number of nitrogens with zero attached hydrogens (tertiary/aromatic N) is 1. The van der Waals surface area contributed by atoms with E-state index in [1.54, 1.807) is 24.3 Å². The van der Waals surface area contributed by atoms with Gasteiger partial charge in [-0.25, -0.2) is 13.4 Å². The topological polar surface area (TPSA) is 88.2 Å². The van der Waals surface area contributed by atoms with Crippen molar-refractivity contribution in [1.82, 2.24) is 10.3 Å². The molecule has 0 atom stereocenters.